The lowest BCUT2D eigenvalue weighted by Crippen LogP contribution is -2.21. The van der Waals surface area contributed by atoms with Crippen molar-refractivity contribution in [1.29, 1.82) is 0 Å². The Kier molecular flexibility index (Phi) is 5.26. The van der Waals surface area contributed by atoms with Crippen molar-refractivity contribution < 1.29 is 18.3 Å². The minimum absolute atomic E-state index is 0.454. The quantitative estimate of drug-likeness (QED) is 0.367. The minimum atomic E-state index is -3.30. The molecule has 4 heteroatoms. The first-order valence-electron chi connectivity index (χ1n) is 4.19. The Morgan fingerprint density at radius 1 is 1.54 bits per heavy atom. The Morgan fingerprint density at radius 3 is 2.62 bits per heavy atom. The molecule has 0 aromatic heterocycles. The first-order chi connectivity index (χ1) is 5.98. The van der Waals surface area contributed by atoms with Crippen LogP contribution in [0.2, 0.25) is 0 Å². The van der Waals surface area contributed by atoms with Gasteiger partial charge < -0.3 is 4.74 Å². The van der Waals surface area contributed by atoms with Crippen molar-refractivity contribution in [3.05, 3.63) is 12.3 Å². The van der Waals surface area contributed by atoms with Crippen molar-refractivity contribution >= 4 is 5.78 Å². The SMILES string of the molecule is CCCCO/C=C/C(=O)C(C)(F)F. The topological polar surface area (TPSA) is 26.3 Å². The highest BCUT2D eigenvalue weighted by Gasteiger charge is 2.29. The number of ketones is 1. The molecule has 0 radical (unpaired) electrons. The molecule has 0 aromatic carbocycles. The Labute approximate surface area is 76.6 Å². The van der Waals surface area contributed by atoms with Crippen LogP contribution in [0, 0.1) is 0 Å². The van der Waals surface area contributed by atoms with Gasteiger partial charge in [-0.2, -0.15) is 8.78 Å². The van der Waals surface area contributed by atoms with E-state index in [0.717, 1.165) is 25.2 Å². The number of rotatable bonds is 6. The molecule has 13 heavy (non-hydrogen) atoms. The number of unbranched alkanes of at least 4 members (excludes halogenated alkanes) is 1. The summed E-state index contributed by atoms with van der Waals surface area (Å²) in [5.74, 6) is -4.53. The molecule has 0 bridgehead atoms. The fourth-order valence-electron chi connectivity index (χ4n) is 0.552. The molecule has 0 amide bonds. The predicted octanol–water partition coefficient (Wildman–Crippen LogP) is 2.54. The molecule has 0 rings (SSSR count). The van der Waals surface area contributed by atoms with Crippen LogP contribution in [-0.4, -0.2) is 18.3 Å². The van der Waals surface area contributed by atoms with Crippen molar-refractivity contribution in [3.63, 3.8) is 0 Å². The Bertz CT molecular complexity index is 183. The normalized spacial score (nSPS) is 12.0. The highest BCUT2D eigenvalue weighted by atomic mass is 19.3. The second-order valence-corrected chi connectivity index (χ2v) is 2.78. The molecule has 0 spiro atoms. The summed E-state index contributed by atoms with van der Waals surface area (Å²) in [5.41, 5.74) is 0. The molecule has 2 nitrogen and oxygen atoms in total. The molecule has 0 aromatic rings. The number of carbonyl (C=O) groups excluding carboxylic acids is 1. The van der Waals surface area contributed by atoms with Gasteiger partial charge in [-0.1, -0.05) is 13.3 Å². The van der Waals surface area contributed by atoms with E-state index < -0.39 is 11.7 Å². The van der Waals surface area contributed by atoms with E-state index in [1.54, 1.807) is 0 Å². The Morgan fingerprint density at radius 2 is 2.15 bits per heavy atom. The van der Waals surface area contributed by atoms with Crippen LogP contribution >= 0.6 is 0 Å². The number of carbonyl (C=O) groups is 1. The smallest absolute Gasteiger partial charge is 0.306 e. The summed E-state index contributed by atoms with van der Waals surface area (Å²) in [6.07, 6.45) is 3.60. The molecule has 0 unspecified atom stereocenters. The monoisotopic (exact) mass is 192 g/mol. The van der Waals surface area contributed by atoms with Gasteiger partial charge in [0.1, 0.15) is 0 Å². The first-order valence-corrected chi connectivity index (χ1v) is 4.19. The molecular formula is C9H14F2O2. The first kappa shape index (κ1) is 12.1. The van der Waals surface area contributed by atoms with Crippen LogP contribution in [-0.2, 0) is 9.53 Å². The van der Waals surface area contributed by atoms with E-state index in [4.69, 9.17) is 4.74 Å². The van der Waals surface area contributed by atoms with Gasteiger partial charge in [-0.3, -0.25) is 4.79 Å². The number of hydrogen-bond acceptors (Lipinski definition) is 2. The second kappa shape index (κ2) is 5.67. The number of alkyl halides is 2. The van der Waals surface area contributed by atoms with Gasteiger partial charge >= 0.3 is 5.92 Å². The van der Waals surface area contributed by atoms with Crippen LogP contribution in [0.4, 0.5) is 8.78 Å². The molecule has 0 saturated heterocycles. The van der Waals surface area contributed by atoms with Crippen molar-refractivity contribution in [1.82, 2.24) is 0 Å². The maximum atomic E-state index is 12.2. The van der Waals surface area contributed by atoms with Crippen LogP contribution in [0.5, 0.6) is 0 Å². The number of ether oxygens (including phenoxy) is 1. The van der Waals surface area contributed by atoms with Gasteiger partial charge in [0, 0.05) is 13.0 Å². The third-order valence-electron chi connectivity index (χ3n) is 1.36. The Hall–Kier alpha value is -0.930. The molecule has 0 fully saturated rings. The molecular weight excluding hydrogens is 178 g/mol. The lowest BCUT2D eigenvalue weighted by atomic mass is 10.2. The van der Waals surface area contributed by atoms with Crippen LogP contribution < -0.4 is 0 Å². The minimum Gasteiger partial charge on any atom is -0.501 e. The van der Waals surface area contributed by atoms with Crippen molar-refractivity contribution in [2.45, 2.75) is 32.6 Å². The van der Waals surface area contributed by atoms with Gasteiger partial charge in [-0.15, -0.1) is 0 Å². The number of allylic oxidation sites excluding steroid dienone is 1. The molecule has 0 heterocycles. The highest BCUT2D eigenvalue weighted by molar-refractivity contribution is 5.95. The van der Waals surface area contributed by atoms with E-state index in [2.05, 4.69) is 0 Å². The third kappa shape index (κ3) is 6.25. The zero-order valence-corrected chi connectivity index (χ0v) is 7.85. The zero-order valence-electron chi connectivity index (χ0n) is 7.85. The van der Waals surface area contributed by atoms with Gasteiger partial charge in [0.05, 0.1) is 12.9 Å². The van der Waals surface area contributed by atoms with Crippen molar-refractivity contribution in [2.75, 3.05) is 6.61 Å². The van der Waals surface area contributed by atoms with Crippen LogP contribution in [0.15, 0.2) is 12.3 Å². The van der Waals surface area contributed by atoms with Gasteiger partial charge in [0.25, 0.3) is 0 Å². The summed E-state index contributed by atoms with van der Waals surface area (Å²) in [5, 5.41) is 0. The second-order valence-electron chi connectivity index (χ2n) is 2.78. The average Bonchev–Trinajstić information content (AvgIpc) is 2.02. The summed E-state index contributed by atoms with van der Waals surface area (Å²) >= 11 is 0. The number of halogens is 2. The van der Waals surface area contributed by atoms with Gasteiger partial charge in [-0.25, -0.2) is 0 Å². The van der Waals surface area contributed by atoms with E-state index in [1.165, 1.54) is 0 Å². The van der Waals surface area contributed by atoms with Crippen molar-refractivity contribution in [2.24, 2.45) is 0 Å². The molecule has 0 aliphatic carbocycles. The van der Waals surface area contributed by atoms with Gasteiger partial charge in [-0.05, 0) is 6.42 Å². The summed E-state index contributed by atoms with van der Waals surface area (Å²) in [7, 11) is 0. The van der Waals surface area contributed by atoms with E-state index in [-0.39, 0.29) is 0 Å². The lowest BCUT2D eigenvalue weighted by Gasteiger charge is -2.03. The fourth-order valence-corrected chi connectivity index (χ4v) is 0.552. The van der Waals surface area contributed by atoms with E-state index in [9.17, 15) is 13.6 Å². The maximum absolute atomic E-state index is 12.2. The number of hydrogen-bond donors (Lipinski definition) is 0. The molecule has 0 saturated carbocycles. The molecule has 0 aliphatic rings. The fraction of sp³-hybridized carbons (Fsp3) is 0.667. The average molecular weight is 192 g/mol. The predicted molar refractivity (Wildman–Crippen MR) is 45.6 cm³/mol. The maximum Gasteiger partial charge on any atom is 0.306 e. The molecule has 0 N–H and O–H groups in total. The van der Waals surface area contributed by atoms with Crippen LogP contribution in [0.25, 0.3) is 0 Å². The lowest BCUT2D eigenvalue weighted by molar-refractivity contribution is -0.135. The molecule has 76 valence electrons. The third-order valence-corrected chi connectivity index (χ3v) is 1.36. The largest absolute Gasteiger partial charge is 0.501 e. The molecule has 0 aliphatic heterocycles. The summed E-state index contributed by atoms with van der Waals surface area (Å²) < 4.78 is 29.3. The standard InChI is InChI=1S/C9H14F2O2/c1-3-4-6-13-7-5-8(12)9(2,10)11/h5,7H,3-4,6H2,1-2H3/b7-5+. The summed E-state index contributed by atoms with van der Waals surface area (Å²) in [4.78, 5) is 10.6. The van der Waals surface area contributed by atoms with E-state index in [0.29, 0.717) is 13.5 Å². The van der Waals surface area contributed by atoms with Gasteiger partial charge in [0.15, 0.2) is 0 Å². The van der Waals surface area contributed by atoms with Crippen LogP contribution in [0.3, 0.4) is 0 Å². The summed E-state index contributed by atoms with van der Waals surface area (Å²) in [6.45, 7) is 3.00. The molecule has 0 atom stereocenters. The summed E-state index contributed by atoms with van der Waals surface area (Å²) in [6, 6.07) is 0. The zero-order chi connectivity index (χ0) is 10.3. The van der Waals surface area contributed by atoms with Crippen molar-refractivity contribution in [3.8, 4) is 0 Å². The highest BCUT2D eigenvalue weighted by Crippen LogP contribution is 2.13. The van der Waals surface area contributed by atoms with E-state index >= 15 is 0 Å². The van der Waals surface area contributed by atoms with Gasteiger partial charge in [0.2, 0.25) is 5.78 Å². The Balaban J connectivity index is 3.67. The van der Waals surface area contributed by atoms with E-state index in [1.807, 2.05) is 6.92 Å². The van der Waals surface area contributed by atoms with Crippen LogP contribution in [0.1, 0.15) is 26.7 Å².